The summed E-state index contributed by atoms with van der Waals surface area (Å²) < 4.78 is 0. The average Bonchev–Trinajstić information content (AvgIpc) is 2.43. The first-order valence-electron chi connectivity index (χ1n) is 7.46. The number of guanidine groups is 1. The summed E-state index contributed by atoms with van der Waals surface area (Å²) in [7, 11) is 0. The number of hydrogen-bond donors (Lipinski definition) is 6. The van der Waals surface area contributed by atoms with E-state index in [1.165, 1.54) is 0 Å². The molecule has 0 radical (unpaired) electrons. The topological polar surface area (TPSA) is 178 Å². The van der Waals surface area contributed by atoms with Crippen LogP contribution in [0.1, 0.15) is 32.6 Å². The van der Waals surface area contributed by atoms with Crippen LogP contribution in [0.25, 0.3) is 0 Å². The van der Waals surface area contributed by atoms with Gasteiger partial charge in [0.05, 0.1) is 6.54 Å². The maximum absolute atomic E-state index is 12.1. The van der Waals surface area contributed by atoms with Crippen molar-refractivity contribution in [2.75, 3.05) is 13.1 Å². The van der Waals surface area contributed by atoms with E-state index >= 15 is 0 Å². The lowest BCUT2D eigenvalue weighted by Crippen LogP contribution is -2.65. The van der Waals surface area contributed by atoms with Crippen molar-refractivity contribution in [1.82, 2.24) is 16.0 Å². The van der Waals surface area contributed by atoms with E-state index in [9.17, 15) is 14.4 Å². The largest absolute Gasteiger partial charge is 0.351 e. The van der Waals surface area contributed by atoms with Crippen LogP contribution in [0.4, 0.5) is 4.79 Å². The van der Waals surface area contributed by atoms with Crippen LogP contribution in [-0.2, 0) is 9.59 Å². The fourth-order valence-electron chi connectivity index (χ4n) is 2.13. The van der Waals surface area contributed by atoms with Gasteiger partial charge in [-0.2, -0.15) is 0 Å². The van der Waals surface area contributed by atoms with E-state index in [4.69, 9.17) is 17.2 Å². The molecule has 0 aromatic heterocycles. The van der Waals surface area contributed by atoms with Crippen LogP contribution in [0.2, 0.25) is 0 Å². The van der Waals surface area contributed by atoms with Gasteiger partial charge in [-0.25, -0.2) is 9.79 Å². The van der Waals surface area contributed by atoms with Crippen LogP contribution in [0, 0.1) is 0 Å². The molecule has 10 nitrogen and oxygen atoms in total. The molecule has 1 aliphatic rings. The number of aliphatic imine (C=N–C) groups is 1. The molecule has 0 bridgehead atoms. The van der Waals surface area contributed by atoms with Crippen molar-refractivity contribution in [3.05, 3.63) is 0 Å². The molecule has 0 spiro atoms. The molecule has 23 heavy (non-hydrogen) atoms. The van der Waals surface area contributed by atoms with Crippen molar-refractivity contribution in [3.63, 3.8) is 0 Å². The molecule has 1 aliphatic heterocycles. The van der Waals surface area contributed by atoms with Crippen molar-refractivity contribution in [2.45, 2.75) is 44.2 Å². The zero-order valence-corrected chi connectivity index (χ0v) is 13.2. The highest BCUT2D eigenvalue weighted by Crippen LogP contribution is 2.10. The molecule has 0 saturated heterocycles. The Labute approximate surface area is 134 Å². The van der Waals surface area contributed by atoms with Gasteiger partial charge in [-0.3, -0.25) is 20.2 Å². The molecule has 10 heteroatoms. The molecule has 1 rings (SSSR count). The summed E-state index contributed by atoms with van der Waals surface area (Å²) in [5.41, 5.74) is 15.0. The highest BCUT2D eigenvalue weighted by atomic mass is 16.2. The minimum absolute atomic E-state index is 0.0113. The van der Waals surface area contributed by atoms with E-state index in [1.54, 1.807) is 6.92 Å². The Bertz CT molecular complexity index is 494. The summed E-state index contributed by atoms with van der Waals surface area (Å²) in [6.07, 6.45) is 2.52. The molecule has 1 heterocycles. The number of urea groups is 1. The lowest BCUT2D eigenvalue weighted by molar-refractivity contribution is -0.132. The van der Waals surface area contributed by atoms with E-state index in [1.807, 2.05) is 0 Å². The Balaban J connectivity index is 2.52. The molecular weight excluding hydrogens is 302 g/mol. The van der Waals surface area contributed by atoms with Gasteiger partial charge >= 0.3 is 6.03 Å². The van der Waals surface area contributed by atoms with Crippen LogP contribution in [0.5, 0.6) is 0 Å². The molecule has 2 atom stereocenters. The van der Waals surface area contributed by atoms with E-state index in [0.29, 0.717) is 13.0 Å². The summed E-state index contributed by atoms with van der Waals surface area (Å²) in [5.74, 6) is -0.849. The molecule has 0 aromatic rings. The van der Waals surface area contributed by atoms with Crippen LogP contribution in [0.3, 0.4) is 0 Å². The summed E-state index contributed by atoms with van der Waals surface area (Å²) in [5, 5.41) is 7.19. The predicted molar refractivity (Wildman–Crippen MR) is 85.2 cm³/mol. The second-order valence-corrected chi connectivity index (χ2v) is 5.74. The van der Waals surface area contributed by atoms with Gasteiger partial charge in [0.25, 0.3) is 5.91 Å². The van der Waals surface area contributed by atoms with Gasteiger partial charge in [0.15, 0.2) is 0 Å². The number of hydrogen-bond acceptors (Lipinski definition) is 6. The van der Waals surface area contributed by atoms with E-state index in [-0.39, 0.29) is 30.9 Å². The molecule has 0 fully saturated rings. The molecular formula is C13H25N7O3. The quantitative estimate of drug-likeness (QED) is 0.292. The third-order valence-electron chi connectivity index (χ3n) is 3.42. The Kier molecular flexibility index (Phi) is 6.91. The van der Waals surface area contributed by atoms with Gasteiger partial charge in [-0.05, 0) is 26.3 Å². The summed E-state index contributed by atoms with van der Waals surface area (Å²) >= 11 is 0. The fourth-order valence-corrected chi connectivity index (χ4v) is 2.13. The Hall–Kier alpha value is -2.20. The zero-order valence-electron chi connectivity index (χ0n) is 13.2. The summed E-state index contributed by atoms with van der Waals surface area (Å²) in [6, 6.07) is -1.12. The third kappa shape index (κ3) is 6.20. The standard InChI is InChI=1S/C13H25N7O3/c1-13(7-17-12(18-10(13)22)19-11(16)23)20-9(21)6-8(15)4-2-3-5-14/h8H,2-7,14-15H2,1H3,(H,20,21)(H4,16,17,18,19,22,23)/t8-,13+/m1/s1. The number of nitrogens with one attached hydrogen (secondary N) is 3. The third-order valence-corrected chi connectivity index (χ3v) is 3.42. The smallest absolute Gasteiger partial charge is 0.318 e. The van der Waals surface area contributed by atoms with Crippen LogP contribution in [0.15, 0.2) is 4.99 Å². The maximum atomic E-state index is 12.1. The number of nitrogens with zero attached hydrogens (tertiary/aromatic N) is 1. The minimum atomic E-state index is -1.20. The molecule has 130 valence electrons. The Morgan fingerprint density at radius 3 is 2.70 bits per heavy atom. The zero-order chi connectivity index (χ0) is 17.5. The van der Waals surface area contributed by atoms with Crippen molar-refractivity contribution in [3.8, 4) is 0 Å². The van der Waals surface area contributed by atoms with Crippen molar-refractivity contribution < 1.29 is 14.4 Å². The highest BCUT2D eigenvalue weighted by Gasteiger charge is 2.38. The first-order valence-corrected chi connectivity index (χ1v) is 7.46. The number of rotatable bonds is 7. The van der Waals surface area contributed by atoms with Gasteiger partial charge in [0.1, 0.15) is 5.54 Å². The lowest BCUT2D eigenvalue weighted by Gasteiger charge is -2.32. The van der Waals surface area contributed by atoms with Gasteiger partial charge < -0.3 is 22.5 Å². The first-order chi connectivity index (χ1) is 10.8. The molecule has 0 aliphatic carbocycles. The molecule has 0 unspecified atom stereocenters. The highest BCUT2D eigenvalue weighted by molar-refractivity contribution is 6.08. The van der Waals surface area contributed by atoms with Crippen LogP contribution in [-0.4, -0.2) is 48.5 Å². The molecule has 9 N–H and O–H groups in total. The van der Waals surface area contributed by atoms with Crippen molar-refractivity contribution in [2.24, 2.45) is 22.2 Å². The van der Waals surface area contributed by atoms with Gasteiger partial charge in [0, 0.05) is 12.5 Å². The van der Waals surface area contributed by atoms with E-state index in [2.05, 4.69) is 20.9 Å². The predicted octanol–water partition coefficient (Wildman–Crippen LogP) is -2.14. The Morgan fingerprint density at radius 2 is 2.13 bits per heavy atom. The SMILES string of the molecule is C[C@]1(NC(=O)C[C@H](N)CCCCN)CN=C(NC(N)=O)NC1=O. The van der Waals surface area contributed by atoms with Crippen LogP contribution < -0.4 is 33.2 Å². The molecule has 4 amide bonds. The number of primary amides is 1. The summed E-state index contributed by atoms with van der Waals surface area (Å²) in [6.45, 7) is 2.13. The monoisotopic (exact) mass is 327 g/mol. The van der Waals surface area contributed by atoms with Crippen molar-refractivity contribution >= 4 is 23.8 Å². The van der Waals surface area contributed by atoms with Gasteiger partial charge in [0.2, 0.25) is 11.9 Å². The second-order valence-electron chi connectivity index (χ2n) is 5.74. The average molecular weight is 327 g/mol. The normalized spacial score (nSPS) is 21.9. The van der Waals surface area contributed by atoms with E-state index in [0.717, 1.165) is 12.8 Å². The van der Waals surface area contributed by atoms with E-state index < -0.39 is 17.5 Å². The summed E-state index contributed by atoms with van der Waals surface area (Å²) in [4.78, 5) is 38.8. The number of carbonyl (C=O) groups excluding carboxylic acids is 3. The van der Waals surface area contributed by atoms with Gasteiger partial charge in [-0.15, -0.1) is 0 Å². The first kappa shape index (κ1) is 18.8. The van der Waals surface area contributed by atoms with Crippen molar-refractivity contribution in [1.29, 1.82) is 0 Å². The van der Waals surface area contributed by atoms with Crippen LogP contribution >= 0.6 is 0 Å². The number of unbranched alkanes of at least 4 members (excludes halogenated alkanes) is 1. The molecule has 0 aromatic carbocycles. The number of amides is 4. The Morgan fingerprint density at radius 1 is 1.43 bits per heavy atom. The second kappa shape index (κ2) is 8.44. The number of nitrogens with two attached hydrogens (primary N) is 3. The van der Waals surface area contributed by atoms with Gasteiger partial charge in [-0.1, -0.05) is 6.42 Å². The minimum Gasteiger partial charge on any atom is -0.351 e. The lowest BCUT2D eigenvalue weighted by atomic mass is 9.99. The fraction of sp³-hybridized carbons (Fsp3) is 0.692. The molecule has 0 saturated carbocycles. The number of carbonyl (C=O) groups is 3. The maximum Gasteiger partial charge on any atom is 0.318 e.